The Morgan fingerprint density at radius 1 is 0.909 bits per heavy atom. The fourth-order valence-electron chi connectivity index (χ4n) is 5.82. The van der Waals surface area contributed by atoms with Crippen molar-refractivity contribution in [1.82, 2.24) is 14.8 Å². The average Bonchev–Trinajstić information content (AvgIpc) is 3.43. The van der Waals surface area contributed by atoms with Gasteiger partial charge in [0.15, 0.2) is 0 Å². The van der Waals surface area contributed by atoms with E-state index in [2.05, 4.69) is 16.8 Å². The number of nitrogens with zero attached hydrogens (tertiary/aromatic N) is 3. The summed E-state index contributed by atoms with van der Waals surface area (Å²) in [7, 11) is 2.00. The minimum Gasteiger partial charge on any atom is -0.361 e. The number of hydrogen-bond donors (Lipinski definition) is 1. The number of halogens is 6. The molecule has 1 aromatic carbocycles. The molecule has 0 bridgehead atoms. The molecule has 1 unspecified atom stereocenters. The fourth-order valence-corrected chi connectivity index (χ4v) is 5.82. The molecule has 244 valence electrons. The van der Waals surface area contributed by atoms with E-state index >= 15 is 0 Å². The second kappa shape index (κ2) is 17.0. The van der Waals surface area contributed by atoms with E-state index < -0.39 is 29.5 Å². The van der Waals surface area contributed by atoms with Crippen LogP contribution in [0.3, 0.4) is 0 Å². The highest BCUT2D eigenvalue weighted by molar-refractivity contribution is 5.39. The van der Waals surface area contributed by atoms with Gasteiger partial charge in [0, 0.05) is 25.0 Å². The molecule has 1 saturated heterocycles. The minimum absolute atomic E-state index is 0.142. The van der Waals surface area contributed by atoms with Gasteiger partial charge in [-0.2, -0.15) is 26.3 Å². The van der Waals surface area contributed by atoms with Crippen LogP contribution in [0.25, 0.3) is 0 Å². The highest BCUT2D eigenvalue weighted by Gasteiger charge is 2.39. The molecule has 2 aliphatic rings. The maximum atomic E-state index is 13.8. The first kappa shape index (κ1) is 35.6. The minimum atomic E-state index is -4.66. The van der Waals surface area contributed by atoms with Crippen LogP contribution >= 0.6 is 0 Å². The van der Waals surface area contributed by atoms with Crippen LogP contribution in [-0.2, 0) is 12.4 Å². The highest BCUT2D eigenvalue weighted by Crippen LogP contribution is 2.40. The number of aromatic nitrogens is 1. The smallest absolute Gasteiger partial charge is 0.361 e. The maximum absolute atomic E-state index is 13.8. The molecule has 0 amide bonds. The zero-order chi connectivity index (χ0) is 32.2. The Bertz CT molecular complexity index is 1180. The molecule has 1 fully saturated rings. The number of unbranched alkanes of at least 4 members (excludes halogenated alkanes) is 7. The molecule has 0 radical (unpaired) electrons. The summed E-state index contributed by atoms with van der Waals surface area (Å²) < 4.78 is 80.8. The number of pyridine rings is 1. The van der Waals surface area contributed by atoms with E-state index in [-0.39, 0.29) is 11.7 Å². The molecular weight excluding hydrogens is 578 g/mol. The van der Waals surface area contributed by atoms with Crippen molar-refractivity contribution in [2.45, 2.75) is 95.6 Å². The lowest BCUT2D eigenvalue weighted by Crippen LogP contribution is -2.33. The van der Waals surface area contributed by atoms with Crippen LogP contribution < -0.4 is 5.73 Å². The summed E-state index contributed by atoms with van der Waals surface area (Å²) in [6.45, 7) is 4.36. The zero-order valence-corrected chi connectivity index (χ0v) is 25.8. The summed E-state index contributed by atoms with van der Waals surface area (Å²) in [5.41, 5.74) is 4.65. The van der Waals surface area contributed by atoms with Crippen molar-refractivity contribution in [1.29, 1.82) is 0 Å². The van der Waals surface area contributed by atoms with Gasteiger partial charge in [0.1, 0.15) is 0 Å². The summed E-state index contributed by atoms with van der Waals surface area (Å²) >= 11 is 0. The summed E-state index contributed by atoms with van der Waals surface area (Å²) in [6.07, 6.45) is 10.7. The van der Waals surface area contributed by atoms with Crippen LogP contribution in [0.4, 0.5) is 26.3 Å². The number of rotatable bonds is 12. The summed E-state index contributed by atoms with van der Waals surface area (Å²) in [6, 6.07) is 5.56. The average molecular weight is 625 g/mol. The molecule has 0 aliphatic carbocycles. The summed E-state index contributed by atoms with van der Waals surface area (Å²) in [4.78, 5) is 7.97. The fraction of sp³-hybridized carbons (Fsp3) is 0.559. The van der Waals surface area contributed by atoms with Crippen molar-refractivity contribution >= 4 is 0 Å². The molecular formula is C34H46F6N4. The molecule has 0 spiro atoms. The molecule has 44 heavy (non-hydrogen) atoms. The molecule has 4 rings (SSSR count). The number of benzene rings is 1. The van der Waals surface area contributed by atoms with Gasteiger partial charge >= 0.3 is 12.4 Å². The normalized spacial score (nSPS) is 18.2. The van der Waals surface area contributed by atoms with Gasteiger partial charge in [-0.05, 0) is 74.8 Å². The van der Waals surface area contributed by atoms with Gasteiger partial charge in [-0.3, -0.25) is 9.88 Å². The molecule has 2 atom stereocenters. The molecule has 2 aromatic rings. The van der Waals surface area contributed by atoms with Gasteiger partial charge in [-0.25, -0.2) is 0 Å². The molecule has 3 heterocycles. The van der Waals surface area contributed by atoms with Crippen LogP contribution in [0.15, 0.2) is 66.5 Å². The van der Waals surface area contributed by atoms with Crippen molar-refractivity contribution in [3.8, 4) is 0 Å². The van der Waals surface area contributed by atoms with Gasteiger partial charge in [-0.1, -0.05) is 76.2 Å². The van der Waals surface area contributed by atoms with Crippen LogP contribution in [0, 0.1) is 0 Å². The van der Waals surface area contributed by atoms with E-state index in [1.807, 2.05) is 25.4 Å². The van der Waals surface area contributed by atoms with E-state index in [0.717, 1.165) is 49.7 Å². The second-order valence-electron chi connectivity index (χ2n) is 11.6. The molecule has 0 saturated carbocycles. The van der Waals surface area contributed by atoms with Crippen LogP contribution in [-0.4, -0.2) is 47.5 Å². The van der Waals surface area contributed by atoms with E-state index in [1.165, 1.54) is 75.8 Å². The molecule has 4 nitrogen and oxygen atoms in total. The van der Waals surface area contributed by atoms with E-state index in [0.29, 0.717) is 12.1 Å². The lowest BCUT2D eigenvalue weighted by molar-refractivity contribution is -0.139. The third-order valence-corrected chi connectivity index (χ3v) is 8.19. The highest BCUT2D eigenvalue weighted by atomic mass is 19.4. The van der Waals surface area contributed by atoms with E-state index in [9.17, 15) is 26.3 Å². The van der Waals surface area contributed by atoms with Crippen molar-refractivity contribution in [2.24, 2.45) is 5.73 Å². The van der Waals surface area contributed by atoms with E-state index in [4.69, 9.17) is 5.73 Å². The van der Waals surface area contributed by atoms with Crippen LogP contribution in [0.1, 0.15) is 99.6 Å². The Hall–Kier alpha value is -2.85. The molecule has 2 N–H and O–H groups in total. The predicted molar refractivity (Wildman–Crippen MR) is 164 cm³/mol. The van der Waals surface area contributed by atoms with Crippen molar-refractivity contribution in [2.75, 3.05) is 26.7 Å². The zero-order valence-electron chi connectivity index (χ0n) is 25.8. The lowest BCUT2D eigenvalue weighted by Gasteiger charge is -2.35. The van der Waals surface area contributed by atoms with Gasteiger partial charge in [0.2, 0.25) is 0 Å². The Morgan fingerprint density at radius 3 is 2.14 bits per heavy atom. The Kier molecular flexibility index (Phi) is 13.8. The first-order valence-electron chi connectivity index (χ1n) is 15.7. The maximum Gasteiger partial charge on any atom is 0.418 e. The second-order valence-corrected chi connectivity index (χ2v) is 11.6. The van der Waals surface area contributed by atoms with Crippen molar-refractivity contribution in [3.63, 3.8) is 0 Å². The topological polar surface area (TPSA) is 45.4 Å². The largest absolute Gasteiger partial charge is 0.418 e. The number of hydrogen-bond acceptors (Lipinski definition) is 4. The predicted octanol–water partition coefficient (Wildman–Crippen LogP) is 9.14. The van der Waals surface area contributed by atoms with Crippen LogP contribution in [0.2, 0.25) is 0 Å². The van der Waals surface area contributed by atoms with Gasteiger partial charge in [0.25, 0.3) is 0 Å². The SMILES string of the molecule is CCCCCCCCCCN.CN1CCC[C@H]1C1=CN(C(c2ccc(C(F)(F)F)cc2)c2ncccc2C(F)(F)F)CC=C1. The summed E-state index contributed by atoms with van der Waals surface area (Å²) in [5, 5.41) is 0. The van der Waals surface area contributed by atoms with Gasteiger partial charge < -0.3 is 10.6 Å². The van der Waals surface area contributed by atoms with Gasteiger partial charge in [-0.15, -0.1) is 0 Å². The van der Waals surface area contributed by atoms with Gasteiger partial charge in [0.05, 0.1) is 22.9 Å². The van der Waals surface area contributed by atoms with Crippen molar-refractivity contribution < 1.29 is 26.3 Å². The number of alkyl halides is 6. The number of likely N-dealkylation sites (N-methyl/N-ethyl adjacent to an activating group) is 1. The first-order chi connectivity index (χ1) is 21.0. The molecule has 1 aromatic heterocycles. The Balaban J connectivity index is 0.000000411. The first-order valence-corrected chi connectivity index (χ1v) is 15.7. The number of nitrogens with two attached hydrogens (primary N) is 1. The standard InChI is InChI=1S/C24H23F6N3.C10H23N/c1-32-13-4-7-20(32)17-5-3-14-33(15-17)22(16-8-10-18(11-9-16)23(25,26)27)21-19(24(28,29)30)6-2-12-31-21;1-2-3-4-5-6-7-8-9-10-11/h2-3,5-6,8-12,15,20,22H,4,7,13-14H2,1H3;2-11H2,1H3/t20-,22?;/m0./s1. The van der Waals surface area contributed by atoms with Crippen LogP contribution in [0.5, 0.6) is 0 Å². The summed E-state index contributed by atoms with van der Waals surface area (Å²) in [5.74, 6) is 0. The number of likely N-dealkylation sites (tertiary alicyclic amines) is 1. The molecule has 2 aliphatic heterocycles. The quantitative estimate of drug-likeness (QED) is 0.189. The van der Waals surface area contributed by atoms with Crippen molar-refractivity contribution in [3.05, 3.63) is 88.9 Å². The Morgan fingerprint density at radius 2 is 1.57 bits per heavy atom. The Labute approximate surface area is 258 Å². The third kappa shape index (κ3) is 10.4. The third-order valence-electron chi connectivity index (χ3n) is 8.19. The molecule has 10 heteroatoms. The lowest BCUT2D eigenvalue weighted by atomic mass is 9.94. The van der Waals surface area contributed by atoms with E-state index in [1.54, 1.807) is 4.90 Å². The monoisotopic (exact) mass is 624 g/mol.